The van der Waals surface area contributed by atoms with Crippen molar-refractivity contribution in [1.82, 2.24) is 14.9 Å². The van der Waals surface area contributed by atoms with E-state index in [0.717, 1.165) is 22.4 Å². The summed E-state index contributed by atoms with van der Waals surface area (Å²) in [5.74, 6) is -0.374. The first kappa shape index (κ1) is 20.7. The van der Waals surface area contributed by atoms with Crippen LogP contribution in [0.25, 0.3) is 11.3 Å². The second-order valence-electron chi connectivity index (χ2n) is 6.87. The zero-order valence-corrected chi connectivity index (χ0v) is 17.7. The van der Waals surface area contributed by atoms with Crippen LogP contribution >= 0.6 is 11.8 Å². The maximum atomic E-state index is 12.4. The van der Waals surface area contributed by atoms with Crippen molar-refractivity contribution < 1.29 is 9.59 Å². The fraction of sp³-hybridized carbons (Fsp3) is 0.227. The molecule has 0 aliphatic rings. The molecule has 1 aromatic heterocycles. The molecule has 1 unspecified atom stereocenters. The number of thioether (sulfide) groups is 1. The Morgan fingerprint density at radius 1 is 1.10 bits per heavy atom. The zero-order chi connectivity index (χ0) is 21.0. The van der Waals surface area contributed by atoms with E-state index in [2.05, 4.69) is 15.6 Å². The van der Waals surface area contributed by atoms with Gasteiger partial charge in [0.25, 0.3) is 0 Å². The van der Waals surface area contributed by atoms with Crippen molar-refractivity contribution in [3.05, 3.63) is 65.9 Å². The van der Waals surface area contributed by atoms with E-state index in [-0.39, 0.29) is 5.91 Å². The number of anilines is 1. The lowest BCUT2D eigenvalue weighted by molar-refractivity contribution is -0.119. The number of rotatable bonds is 5. The molecule has 2 aromatic carbocycles. The highest BCUT2D eigenvalue weighted by Crippen LogP contribution is 2.27. The van der Waals surface area contributed by atoms with Crippen LogP contribution in [0.4, 0.5) is 10.5 Å². The van der Waals surface area contributed by atoms with E-state index in [4.69, 9.17) is 0 Å². The van der Waals surface area contributed by atoms with Crippen LogP contribution in [0.3, 0.4) is 0 Å². The van der Waals surface area contributed by atoms with Gasteiger partial charge in [0.05, 0.1) is 17.1 Å². The van der Waals surface area contributed by atoms with Crippen LogP contribution in [0, 0.1) is 13.8 Å². The predicted octanol–water partition coefficient (Wildman–Crippen LogP) is 4.53. The van der Waals surface area contributed by atoms with E-state index in [9.17, 15) is 9.59 Å². The van der Waals surface area contributed by atoms with Crippen molar-refractivity contribution in [2.45, 2.75) is 31.2 Å². The minimum absolute atomic E-state index is 0.374. The molecule has 150 valence electrons. The Bertz CT molecular complexity index is 1030. The Morgan fingerprint density at radius 2 is 1.83 bits per heavy atom. The lowest BCUT2D eigenvalue weighted by atomic mass is 10.1. The minimum atomic E-state index is -0.542. The molecule has 6 nitrogen and oxygen atoms in total. The Hall–Kier alpha value is -3.06. The number of imidazole rings is 1. The fourth-order valence-corrected chi connectivity index (χ4v) is 3.76. The number of hydrogen-bond acceptors (Lipinski definition) is 4. The summed E-state index contributed by atoms with van der Waals surface area (Å²) < 4.78 is 1.94. The molecule has 0 aliphatic carbocycles. The van der Waals surface area contributed by atoms with Gasteiger partial charge < -0.3 is 9.88 Å². The van der Waals surface area contributed by atoms with Gasteiger partial charge >= 0.3 is 6.03 Å². The number of carbonyl (C=O) groups excluding carboxylic acids is 2. The van der Waals surface area contributed by atoms with E-state index in [1.165, 1.54) is 11.8 Å². The van der Waals surface area contributed by atoms with Gasteiger partial charge in [-0.25, -0.2) is 9.78 Å². The van der Waals surface area contributed by atoms with Crippen molar-refractivity contribution in [2.24, 2.45) is 7.05 Å². The SMILES string of the molecule is Cc1ccc(NC(=O)NC(=O)C(C)Sc2ncc(-c3ccccc3)n2C)c(C)c1. The van der Waals surface area contributed by atoms with Crippen molar-refractivity contribution >= 4 is 29.4 Å². The average molecular weight is 409 g/mol. The van der Waals surface area contributed by atoms with Gasteiger partial charge in [-0.2, -0.15) is 0 Å². The molecular weight excluding hydrogens is 384 g/mol. The van der Waals surface area contributed by atoms with Crippen LogP contribution in [-0.4, -0.2) is 26.7 Å². The molecule has 3 aromatic rings. The van der Waals surface area contributed by atoms with Crippen molar-refractivity contribution in [3.8, 4) is 11.3 Å². The highest BCUT2D eigenvalue weighted by Gasteiger charge is 2.20. The Labute approximate surface area is 174 Å². The average Bonchev–Trinajstić information content (AvgIpc) is 3.05. The summed E-state index contributed by atoms with van der Waals surface area (Å²) in [6.45, 7) is 5.65. The van der Waals surface area contributed by atoms with Crippen LogP contribution in [0.2, 0.25) is 0 Å². The number of carbonyl (C=O) groups is 2. The molecule has 3 amide bonds. The van der Waals surface area contributed by atoms with Crippen molar-refractivity contribution in [2.75, 3.05) is 5.32 Å². The molecule has 3 rings (SSSR count). The normalized spacial score (nSPS) is 11.7. The third-order valence-corrected chi connectivity index (χ3v) is 5.69. The van der Waals surface area contributed by atoms with Gasteiger partial charge in [0.1, 0.15) is 0 Å². The number of nitrogens with zero attached hydrogens (tertiary/aromatic N) is 2. The number of aryl methyl sites for hydroxylation is 2. The Balaban J connectivity index is 1.61. The molecule has 7 heteroatoms. The lowest BCUT2D eigenvalue weighted by Gasteiger charge is -2.13. The van der Waals surface area contributed by atoms with Gasteiger partial charge in [-0.3, -0.25) is 10.1 Å². The van der Waals surface area contributed by atoms with E-state index in [0.29, 0.717) is 10.8 Å². The Kier molecular flexibility index (Phi) is 6.39. The topological polar surface area (TPSA) is 76.0 Å². The number of benzene rings is 2. The first-order valence-electron chi connectivity index (χ1n) is 9.28. The molecule has 0 fully saturated rings. The summed E-state index contributed by atoms with van der Waals surface area (Å²) in [6, 6.07) is 15.1. The molecule has 2 N–H and O–H groups in total. The largest absolute Gasteiger partial charge is 0.325 e. The number of nitrogens with one attached hydrogen (secondary N) is 2. The summed E-state index contributed by atoms with van der Waals surface area (Å²) in [5, 5.41) is 5.35. The van der Waals surface area contributed by atoms with Crippen LogP contribution in [-0.2, 0) is 11.8 Å². The number of imide groups is 1. The summed E-state index contributed by atoms with van der Waals surface area (Å²) in [6.07, 6.45) is 1.79. The van der Waals surface area contributed by atoms with Crippen LogP contribution in [0.1, 0.15) is 18.1 Å². The van der Waals surface area contributed by atoms with Crippen LogP contribution in [0.5, 0.6) is 0 Å². The predicted molar refractivity (Wildman–Crippen MR) is 117 cm³/mol. The molecule has 0 aliphatic heterocycles. The second-order valence-corrected chi connectivity index (χ2v) is 8.18. The first-order valence-corrected chi connectivity index (χ1v) is 10.2. The van der Waals surface area contributed by atoms with Gasteiger partial charge in [0, 0.05) is 12.7 Å². The standard InChI is InChI=1S/C22H24N4O2S/c1-14-10-11-18(15(2)12-14)24-21(28)25-20(27)16(3)29-22-23-13-19(26(22)4)17-8-6-5-7-9-17/h5-13,16H,1-4H3,(H2,24,25,27,28). The summed E-state index contributed by atoms with van der Waals surface area (Å²) in [4.78, 5) is 29.1. The maximum Gasteiger partial charge on any atom is 0.325 e. The van der Waals surface area contributed by atoms with Gasteiger partial charge in [-0.1, -0.05) is 59.8 Å². The smallest absolute Gasteiger partial charge is 0.322 e. The molecule has 29 heavy (non-hydrogen) atoms. The molecule has 0 spiro atoms. The summed E-state index contributed by atoms with van der Waals surface area (Å²) >= 11 is 1.31. The van der Waals surface area contributed by atoms with E-state index >= 15 is 0 Å². The highest BCUT2D eigenvalue weighted by atomic mass is 32.2. The fourth-order valence-electron chi connectivity index (χ4n) is 2.91. The lowest BCUT2D eigenvalue weighted by Crippen LogP contribution is -2.39. The summed E-state index contributed by atoms with van der Waals surface area (Å²) in [7, 11) is 1.91. The van der Waals surface area contributed by atoms with Gasteiger partial charge in [0.2, 0.25) is 5.91 Å². The number of aromatic nitrogens is 2. The number of amides is 3. The third-order valence-electron chi connectivity index (χ3n) is 4.53. The molecule has 0 saturated heterocycles. The molecular formula is C22H24N4O2S. The first-order chi connectivity index (χ1) is 13.8. The Morgan fingerprint density at radius 3 is 2.52 bits per heavy atom. The molecule has 0 bridgehead atoms. The minimum Gasteiger partial charge on any atom is -0.322 e. The second kappa shape index (κ2) is 8.96. The molecule has 1 heterocycles. The van der Waals surface area contributed by atoms with Gasteiger partial charge in [-0.15, -0.1) is 0 Å². The van der Waals surface area contributed by atoms with Crippen molar-refractivity contribution in [1.29, 1.82) is 0 Å². The van der Waals surface area contributed by atoms with Crippen LogP contribution < -0.4 is 10.6 Å². The van der Waals surface area contributed by atoms with Gasteiger partial charge in [0.15, 0.2) is 5.16 Å². The van der Waals surface area contributed by atoms with E-state index < -0.39 is 11.3 Å². The van der Waals surface area contributed by atoms with Gasteiger partial charge in [-0.05, 0) is 38.0 Å². The number of urea groups is 1. The van der Waals surface area contributed by atoms with E-state index in [1.807, 2.05) is 74.0 Å². The highest BCUT2D eigenvalue weighted by molar-refractivity contribution is 8.00. The molecule has 1 atom stereocenters. The third kappa shape index (κ3) is 5.06. The van der Waals surface area contributed by atoms with Crippen LogP contribution in [0.15, 0.2) is 59.9 Å². The molecule has 0 saturated carbocycles. The quantitative estimate of drug-likeness (QED) is 0.608. The van der Waals surface area contributed by atoms with Crippen molar-refractivity contribution in [3.63, 3.8) is 0 Å². The monoisotopic (exact) mass is 408 g/mol. The zero-order valence-electron chi connectivity index (χ0n) is 16.9. The number of hydrogen-bond donors (Lipinski definition) is 2. The summed E-state index contributed by atoms with van der Waals surface area (Å²) in [5.41, 5.74) is 4.75. The van der Waals surface area contributed by atoms with E-state index in [1.54, 1.807) is 13.1 Å². The molecule has 0 radical (unpaired) electrons. The maximum absolute atomic E-state index is 12.4.